The normalized spacial score (nSPS) is 11.7. The van der Waals surface area contributed by atoms with Gasteiger partial charge in [0.05, 0.1) is 12.1 Å². The van der Waals surface area contributed by atoms with Gasteiger partial charge in [-0.1, -0.05) is 26.0 Å². The summed E-state index contributed by atoms with van der Waals surface area (Å²) < 4.78 is 1.73. The van der Waals surface area contributed by atoms with E-state index in [2.05, 4.69) is 10.3 Å². The number of nitrogens with zero attached hydrogens (tertiary/aromatic N) is 3. The highest BCUT2D eigenvalue weighted by molar-refractivity contribution is 5.85. The van der Waals surface area contributed by atoms with Crippen molar-refractivity contribution < 1.29 is 4.79 Å². The van der Waals surface area contributed by atoms with Crippen LogP contribution in [0.1, 0.15) is 33.4 Å². The summed E-state index contributed by atoms with van der Waals surface area (Å²) in [6, 6.07) is 0. The number of aromatic nitrogens is 3. The summed E-state index contributed by atoms with van der Waals surface area (Å²) in [5.41, 5.74) is 0.461. The maximum Gasteiger partial charge on any atom is 0.144 e. The molecule has 0 unspecified atom stereocenters. The van der Waals surface area contributed by atoms with E-state index in [9.17, 15) is 4.79 Å². The summed E-state index contributed by atoms with van der Waals surface area (Å²) in [6.07, 6.45) is 2.20. The highest BCUT2D eigenvalue weighted by Gasteiger charge is 2.22. The van der Waals surface area contributed by atoms with Gasteiger partial charge in [0.25, 0.3) is 0 Å². The first-order valence-electron chi connectivity index (χ1n) is 4.86. The fourth-order valence-corrected chi connectivity index (χ4v) is 1.00. The molecule has 0 saturated carbocycles. The molecule has 0 fully saturated rings. The second-order valence-electron chi connectivity index (χ2n) is 4.42. The van der Waals surface area contributed by atoms with Gasteiger partial charge < -0.3 is 0 Å². The Morgan fingerprint density at radius 3 is 2.57 bits per heavy atom. The van der Waals surface area contributed by atoms with Gasteiger partial charge in [0.15, 0.2) is 0 Å². The first-order chi connectivity index (χ1) is 6.43. The fourth-order valence-electron chi connectivity index (χ4n) is 1.00. The van der Waals surface area contributed by atoms with Gasteiger partial charge in [0, 0.05) is 18.2 Å². The van der Waals surface area contributed by atoms with Gasteiger partial charge in [0.2, 0.25) is 0 Å². The molecule has 0 saturated heterocycles. The van der Waals surface area contributed by atoms with E-state index in [4.69, 9.17) is 0 Å². The minimum absolute atomic E-state index is 0.195. The first-order valence-corrected chi connectivity index (χ1v) is 4.86. The zero-order chi connectivity index (χ0) is 10.8. The van der Waals surface area contributed by atoms with Gasteiger partial charge in [-0.25, -0.2) is 0 Å². The third-order valence-corrected chi connectivity index (χ3v) is 2.09. The molecule has 4 nitrogen and oxygen atoms in total. The summed E-state index contributed by atoms with van der Waals surface area (Å²) in [5.74, 6) is 0.195. The average Bonchev–Trinajstić information content (AvgIpc) is 2.50. The van der Waals surface area contributed by atoms with E-state index in [0.29, 0.717) is 6.42 Å². The molecule has 78 valence electrons. The Bertz CT molecular complexity index is 322. The maximum absolute atomic E-state index is 11.7. The average molecular weight is 195 g/mol. The minimum atomic E-state index is -0.296. The number of hydrogen-bond acceptors (Lipinski definition) is 3. The van der Waals surface area contributed by atoms with Crippen molar-refractivity contribution in [3.05, 3.63) is 11.9 Å². The fraction of sp³-hybridized carbons (Fsp3) is 0.700. The predicted octanol–water partition coefficient (Wildman–Crippen LogP) is 1.46. The summed E-state index contributed by atoms with van der Waals surface area (Å²) in [7, 11) is 0. The molecule has 0 bridgehead atoms. The number of Topliss-reactive ketones (excluding diaryl/α,β-unsaturated/α-hetero) is 1. The van der Waals surface area contributed by atoms with Crippen molar-refractivity contribution in [3.63, 3.8) is 0 Å². The van der Waals surface area contributed by atoms with E-state index < -0.39 is 0 Å². The molecule has 1 heterocycles. The van der Waals surface area contributed by atoms with E-state index in [1.165, 1.54) is 0 Å². The Balaban J connectivity index is 2.65. The van der Waals surface area contributed by atoms with Crippen molar-refractivity contribution in [1.82, 2.24) is 15.0 Å². The lowest BCUT2D eigenvalue weighted by Gasteiger charge is -2.14. The smallest absolute Gasteiger partial charge is 0.144 e. The SMILES string of the molecule is CCn1cc(CC(=O)C(C)(C)C)nn1. The largest absolute Gasteiger partial charge is 0.299 e. The second kappa shape index (κ2) is 3.90. The number of carbonyl (C=O) groups excluding carboxylic acids is 1. The van der Waals surface area contributed by atoms with Crippen molar-refractivity contribution in [2.45, 2.75) is 40.7 Å². The Labute approximate surface area is 84.3 Å². The van der Waals surface area contributed by atoms with E-state index in [1.807, 2.05) is 33.9 Å². The zero-order valence-electron chi connectivity index (χ0n) is 9.24. The molecule has 0 atom stereocenters. The van der Waals surface area contributed by atoms with Crippen LogP contribution < -0.4 is 0 Å². The lowest BCUT2D eigenvalue weighted by atomic mass is 9.88. The highest BCUT2D eigenvalue weighted by atomic mass is 16.1. The Hall–Kier alpha value is -1.19. The molecule has 0 aliphatic rings. The van der Waals surface area contributed by atoms with Crippen LogP contribution in [0.15, 0.2) is 6.20 Å². The van der Waals surface area contributed by atoms with Crippen molar-refractivity contribution in [2.24, 2.45) is 5.41 Å². The van der Waals surface area contributed by atoms with Crippen LogP contribution >= 0.6 is 0 Å². The molecule has 1 aromatic rings. The number of ketones is 1. The molecule has 0 aromatic carbocycles. The number of rotatable bonds is 3. The summed E-state index contributed by atoms with van der Waals surface area (Å²) in [5, 5.41) is 7.82. The molecule has 0 radical (unpaired) electrons. The van der Waals surface area contributed by atoms with Gasteiger partial charge in [-0.3, -0.25) is 9.48 Å². The van der Waals surface area contributed by atoms with Gasteiger partial charge in [-0.05, 0) is 6.92 Å². The van der Waals surface area contributed by atoms with Crippen molar-refractivity contribution in [2.75, 3.05) is 0 Å². The van der Waals surface area contributed by atoms with Crippen LogP contribution in [0.4, 0.5) is 0 Å². The standard InChI is InChI=1S/C10H17N3O/c1-5-13-7-8(11-12-13)6-9(14)10(2,3)4/h7H,5-6H2,1-4H3. The minimum Gasteiger partial charge on any atom is -0.299 e. The lowest BCUT2D eigenvalue weighted by Crippen LogP contribution is -2.22. The van der Waals surface area contributed by atoms with Gasteiger partial charge >= 0.3 is 0 Å². The molecule has 0 amide bonds. The molecular weight excluding hydrogens is 178 g/mol. The third-order valence-electron chi connectivity index (χ3n) is 2.09. The van der Waals surface area contributed by atoms with Crippen LogP contribution in [0.25, 0.3) is 0 Å². The van der Waals surface area contributed by atoms with E-state index in [1.54, 1.807) is 4.68 Å². The molecule has 1 rings (SSSR count). The lowest BCUT2D eigenvalue weighted by molar-refractivity contribution is -0.125. The van der Waals surface area contributed by atoms with E-state index in [-0.39, 0.29) is 11.2 Å². The second-order valence-corrected chi connectivity index (χ2v) is 4.42. The highest BCUT2D eigenvalue weighted by Crippen LogP contribution is 2.16. The van der Waals surface area contributed by atoms with Crippen molar-refractivity contribution >= 4 is 5.78 Å². The molecule has 0 aliphatic carbocycles. The molecule has 14 heavy (non-hydrogen) atoms. The van der Waals surface area contributed by atoms with Crippen LogP contribution in [-0.4, -0.2) is 20.8 Å². The Morgan fingerprint density at radius 1 is 1.50 bits per heavy atom. The van der Waals surface area contributed by atoms with Crippen molar-refractivity contribution in [1.29, 1.82) is 0 Å². The molecule has 0 aliphatic heterocycles. The molecular formula is C10H17N3O. The van der Waals surface area contributed by atoms with Crippen LogP contribution in [0.3, 0.4) is 0 Å². The molecule has 1 aromatic heterocycles. The summed E-state index contributed by atoms with van der Waals surface area (Å²) in [4.78, 5) is 11.7. The Morgan fingerprint density at radius 2 is 2.14 bits per heavy atom. The molecule has 0 spiro atoms. The molecule has 0 N–H and O–H groups in total. The third kappa shape index (κ3) is 2.65. The van der Waals surface area contributed by atoms with Crippen LogP contribution in [0.2, 0.25) is 0 Å². The van der Waals surface area contributed by atoms with E-state index in [0.717, 1.165) is 12.2 Å². The van der Waals surface area contributed by atoms with Gasteiger partial charge in [-0.15, -0.1) is 5.10 Å². The maximum atomic E-state index is 11.7. The van der Waals surface area contributed by atoms with Gasteiger partial charge in [-0.2, -0.15) is 0 Å². The van der Waals surface area contributed by atoms with Crippen LogP contribution in [-0.2, 0) is 17.8 Å². The monoisotopic (exact) mass is 195 g/mol. The van der Waals surface area contributed by atoms with E-state index >= 15 is 0 Å². The predicted molar refractivity (Wildman–Crippen MR) is 53.9 cm³/mol. The van der Waals surface area contributed by atoms with Crippen molar-refractivity contribution in [3.8, 4) is 0 Å². The number of carbonyl (C=O) groups is 1. The summed E-state index contributed by atoms with van der Waals surface area (Å²) in [6.45, 7) is 8.53. The summed E-state index contributed by atoms with van der Waals surface area (Å²) >= 11 is 0. The zero-order valence-corrected chi connectivity index (χ0v) is 9.24. The first kappa shape index (κ1) is 10.9. The number of aryl methyl sites for hydroxylation is 1. The number of hydrogen-bond donors (Lipinski definition) is 0. The van der Waals surface area contributed by atoms with Crippen LogP contribution in [0, 0.1) is 5.41 Å². The topological polar surface area (TPSA) is 47.8 Å². The van der Waals surface area contributed by atoms with Crippen LogP contribution in [0.5, 0.6) is 0 Å². The quantitative estimate of drug-likeness (QED) is 0.733. The Kier molecular flexibility index (Phi) is 3.03. The van der Waals surface area contributed by atoms with Gasteiger partial charge in [0.1, 0.15) is 5.78 Å². The molecule has 4 heteroatoms.